The highest BCUT2D eigenvalue weighted by Gasteiger charge is 2.24. The molecule has 0 heterocycles. The van der Waals surface area contributed by atoms with Crippen LogP contribution in [-0.2, 0) is 19.6 Å². The van der Waals surface area contributed by atoms with E-state index in [-0.39, 0.29) is 16.9 Å². The maximum atomic E-state index is 12.1. The molecule has 0 saturated heterocycles. The number of esters is 1. The number of hydrogen-bond acceptors (Lipinski definition) is 5. The van der Waals surface area contributed by atoms with Crippen molar-refractivity contribution in [1.29, 1.82) is 0 Å². The highest BCUT2D eigenvalue weighted by Crippen LogP contribution is 2.13. The lowest BCUT2D eigenvalue weighted by atomic mass is 10.2. The van der Waals surface area contributed by atoms with Crippen molar-refractivity contribution in [3.05, 3.63) is 29.8 Å². The van der Waals surface area contributed by atoms with Crippen molar-refractivity contribution in [3.8, 4) is 0 Å². The normalized spacial score (nSPS) is 12.7. The van der Waals surface area contributed by atoms with Crippen LogP contribution < -0.4 is 4.72 Å². The largest absolute Gasteiger partial charge is 0.480 e. The Labute approximate surface area is 123 Å². The van der Waals surface area contributed by atoms with Gasteiger partial charge in [-0.3, -0.25) is 4.79 Å². The van der Waals surface area contributed by atoms with Crippen LogP contribution in [0.25, 0.3) is 0 Å². The minimum atomic E-state index is -3.96. The van der Waals surface area contributed by atoms with Gasteiger partial charge in [-0.05, 0) is 30.7 Å². The summed E-state index contributed by atoms with van der Waals surface area (Å²) in [6.07, 6.45) is 0.718. The molecule has 0 aliphatic carbocycles. The van der Waals surface area contributed by atoms with Gasteiger partial charge < -0.3 is 9.84 Å². The van der Waals surface area contributed by atoms with E-state index < -0.39 is 28.0 Å². The molecule has 0 fully saturated rings. The Kier molecular flexibility index (Phi) is 5.86. The molecule has 21 heavy (non-hydrogen) atoms. The SMILES string of the molecule is CCCC(NS(=O)(=O)c1ccc(C(=O)OC)cc1)C(=O)O. The van der Waals surface area contributed by atoms with Crippen LogP contribution in [0.15, 0.2) is 29.2 Å². The van der Waals surface area contributed by atoms with Crippen LogP contribution in [0.1, 0.15) is 30.1 Å². The number of sulfonamides is 1. The third kappa shape index (κ3) is 4.54. The predicted molar refractivity (Wildman–Crippen MR) is 74.4 cm³/mol. The molecule has 1 unspecified atom stereocenters. The van der Waals surface area contributed by atoms with Crippen molar-refractivity contribution in [3.63, 3.8) is 0 Å². The molecule has 1 atom stereocenters. The molecule has 1 rings (SSSR count). The molecule has 8 heteroatoms. The summed E-state index contributed by atoms with van der Waals surface area (Å²) >= 11 is 0. The molecule has 116 valence electrons. The Bertz CT molecular complexity index is 608. The first-order valence-corrected chi connectivity index (χ1v) is 7.73. The van der Waals surface area contributed by atoms with Crippen LogP contribution in [-0.4, -0.2) is 38.6 Å². The molecule has 0 spiro atoms. The number of rotatable bonds is 7. The Balaban J connectivity index is 2.97. The third-order valence-corrected chi connectivity index (χ3v) is 4.25. The molecule has 7 nitrogen and oxygen atoms in total. The van der Waals surface area contributed by atoms with Crippen molar-refractivity contribution >= 4 is 22.0 Å². The zero-order valence-corrected chi connectivity index (χ0v) is 12.5. The second-order valence-electron chi connectivity index (χ2n) is 4.32. The molecule has 0 aromatic heterocycles. The number of ether oxygens (including phenoxy) is 1. The number of methoxy groups -OCH3 is 1. The zero-order valence-electron chi connectivity index (χ0n) is 11.7. The molecular formula is C13H17NO6S. The summed E-state index contributed by atoms with van der Waals surface area (Å²) in [6, 6.07) is 3.87. The lowest BCUT2D eigenvalue weighted by molar-refractivity contribution is -0.139. The van der Waals surface area contributed by atoms with Crippen molar-refractivity contribution < 1.29 is 27.9 Å². The van der Waals surface area contributed by atoms with Gasteiger partial charge in [-0.2, -0.15) is 4.72 Å². The number of carbonyl (C=O) groups excluding carboxylic acids is 1. The summed E-state index contributed by atoms with van der Waals surface area (Å²) < 4.78 is 30.8. The molecule has 0 radical (unpaired) electrons. The van der Waals surface area contributed by atoms with Crippen LogP contribution in [0.4, 0.5) is 0 Å². The van der Waals surface area contributed by atoms with Crippen molar-refractivity contribution in [2.75, 3.05) is 7.11 Å². The van der Waals surface area contributed by atoms with Gasteiger partial charge in [0, 0.05) is 0 Å². The molecule has 1 aromatic rings. The first-order chi connectivity index (χ1) is 9.81. The van der Waals surface area contributed by atoms with E-state index in [2.05, 4.69) is 9.46 Å². The van der Waals surface area contributed by atoms with Crippen LogP contribution in [0, 0.1) is 0 Å². The highest BCUT2D eigenvalue weighted by molar-refractivity contribution is 7.89. The average Bonchev–Trinajstić information content (AvgIpc) is 2.45. The van der Waals surface area contributed by atoms with Gasteiger partial charge in [0.05, 0.1) is 17.6 Å². The summed E-state index contributed by atoms with van der Waals surface area (Å²) in [5.41, 5.74) is 0.208. The van der Waals surface area contributed by atoms with Crippen LogP contribution >= 0.6 is 0 Å². The minimum Gasteiger partial charge on any atom is -0.480 e. The Morgan fingerprint density at radius 3 is 2.29 bits per heavy atom. The lowest BCUT2D eigenvalue weighted by Gasteiger charge is -2.14. The standard InChI is InChI=1S/C13H17NO6S/c1-3-4-11(12(15)16)14-21(18,19)10-7-5-9(6-8-10)13(17)20-2/h5-8,11,14H,3-4H2,1-2H3,(H,15,16). The average molecular weight is 315 g/mol. The van der Waals surface area contributed by atoms with Gasteiger partial charge in [-0.25, -0.2) is 13.2 Å². The van der Waals surface area contributed by atoms with E-state index in [9.17, 15) is 18.0 Å². The van der Waals surface area contributed by atoms with Gasteiger partial charge >= 0.3 is 11.9 Å². The second kappa shape index (κ2) is 7.19. The lowest BCUT2D eigenvalue weighted by Crippen LogP contribution is -2.40. The van der Waals surface area contributed by atoms with Gasteiger partial charge in [0.2, 0.25) is 10.0 Å². The summed E-state index contributed by atoms with van der Waals surface area (Å²) in [7, 11) is -2.74. The third-order valence-electron chi connectivity index (χ3n) is 2.76. The summed E-state index contributed by atoms with van der Waals surface area (Å²) in [6.45, 7) is 1.76. The molecule has 1 aromatic carbocycles. The fraction of sp³-hybridized carbons (Fsp3) is 0.385. The van der Waals surface area contributed by atoms with Crippen molar-refractivity contribution in [2.24, 2.45) is 0 Å². The van der Waals surface area contributed by atoms with Crippen LogP contribution in [0.5, 0.6) is 0 Å². The topological polar surface area (TPSA) is 110 Å². The minimum absolute atomic E-state index is 0.113. The summed E-state index contributed by atoms with van der Waals surface area (Å²) in [5, 5.41) is 8.98. The first kappa shape index (κ1) is 17.1. The molecule has 0 amide bonds. The zero-order chi connectivity index (χ0) is 16.0. The van der Waals surface area contributed by atoms with E-state index in [0.29, 0.717) is 6.42 Å². The number of benzene rings is 1. The number of carbonyl (C=O) groups is 2. The van der Waals surface area contributed by atoms with Crippen LogP contribution in [0.3, 0.4) is 0 Å². The van der Waals surface area contributed by atoms with E-state index in [4.69, 9.17) is 5.11 Å². The van der Waals surface area contributed by atoms with E-state index in [0.717, 1.165) is 0 Å². The van der Waals surface area contributed by atoms with Gasteiger partial charge in [0.25, 0.3) is 0 Å². The van der Waals surface area contributed by atoms with E-state index in [1.807, 2.05) is 0 Å². The number of carboxylic acids is 1. The smallest absolute Gasteiger partial charge is 0.337 e. The maximum Gasteiger partial charge on any atom is 0.337 e. The number of carboxylic acid groups (broad SMARTS) is 1. The van der Waals surface area contributed by atoms with E-state index in [1.54, 1.807) is 6.92 Å². The summed E-state index contributed by atoms with van der Waals surface area (Å²) in [4.78, 5) is 22.1. The molecule has 0 saturated carbocycles. The molecular weight excluding hydrogens is 298 g/mol. The molecule has 0 aliphatic heterocycles. The Morgan fingerprint density at radius 2 is 1.86 bits per heavy atom. The highest BCUT2D eigenvalue weighted by atomic mass is 32.2. The fourth-order valence-corrected chi connectivity index (χ4v) is 2.89. The van der Waals surface area contributed by atoms with Gasteiger partial charge in [0.15, 0.2) is 0 Å². The molecule has 0 aliphatic rings. The maximum absolute atomic E-state index is 12.1. The predicted octanol–water partition coefficient (Wildman–Crippen LogP) is 1.00. The monoisotopic (exact) mass is 315 g/mol. The van der Waals surface area contributed by atoms with Gasteiger partial charge in [0.1, 0.15) is 6.04 Å². The van der Waals surface area contributed by atoms with E-state index in [1.165, 1.54) is 31.4 Å². The van der Waals surface area contributed by atoms with Gasteiger partial charge in [-0.1, -0.05) is 13.3 Å². The van der Waals surface area contributed by atoms with Crippen LogP contribution in [0.2, 0.25) is 0 Å². The van der Waals surface area contributed by atoms with E-state index >= 15 is 0 Å². The molecule has 2 N–H and O–H groups in total. The quantitative estimate of drug-likeness (QED) is 0.727. The van der Waals surface area contributed by atoms with Crippen molar-refractivity contribution in [1.82, 2.24) is 4.72 Å². The number of nitrogens with one attached hydrogen (secondary N) is 1. The number of aliphatic carboxylic acids is 1. The fourth-order valence-electron chi connectivity index (χ4n) is 1.66. The second-order valence-corrected chi connectivity index (χ2v) is 6.03. The van der Waals surface area contributed by atoms with Crippen molar-refractivity contribution in [2.45, 2.75) is 30.7 Å². The summed E-state index contributed by atoms with van der Waals surface area (Å²) in [5.74, 6) is -1.81. The first-order valence-electron chi connectivity index (χ1n) is 6.25. The number of hydrogen-bond donors (Lipinski definition) is 2. The molecule has 0 bridgehead atoms. The Morgan fingerprint density at radius 1 is 1.29 bits per heavy atom. The van der Waals surface area contributed by atoms with Gasteiger partial charge in [-0.15, -0.1) is 0 Å². The Hall–Kier alpha value is -1.93.